The van der Waals surface area contributed by atoms with Gasteiger partial charge in [0.05, 0.1) is 13.0 Å². The molecule has 1 saturated heterocycles. The van der Waals surface area contributed by atoms with Crippen molar-refractivity contribution in [3.63, 3.8) is 0 Å². The van der Waals surface area contributed by atoms with Crippen LogP contribution < -0.4 is 0 Å². The van der Waals surface area contributed by atoms with Crippen LogP contribution in [-0.2, 0) is 19.1 Å². The standard InChI is InChI=1S/C15H25NO4/c1-11(15(18)19-2)10-16(12-6-3-4-7-12)14(17)13-8-5-9-20-13/h11-13H,3-10H2,1-2H3. The number of hydrogen-bond donors (Lipinski definition) is 0. The van der Waals surface area contributed by atoms with Crippen LogP contribution >= 0.6 is 0 Å². The lowest BCUT2D eigenvalue weighted by Crippen LogP contribution is -2.47. The second kappa shape index (κ2) is 7.07. The highest BCUT2D eigenvalue weighted by Gasteiger charge is 2.35. The van der Waals surface area contributed by atoms with Crippen molar-refractivity contribution in [2.24, 2.45) is 5.92 Å². The smallest absolute Gasteiger partial charge is 0.310 e. The Morgan fingerprint density at radius 3 is 2.50 bits per heavy atom. The van der Waals surface area contributed by atoms with Gasteiger partial charge in [-0.25, -0.2) is 0 Å². The minimum Gasteiger partial charge on any atom is -0.469 e. The van der Waals surface area contributed by atoms with Crippen LogP contribution in [0.5, 0.6) is 0 Å². The number of carbonyl (C=O) groups is 2. The second-order valence-electron chi connectivity index (χ2n) is 5.85. The third kappa shape index (κ3) is 3.51. The van der Waals surface area contributed by atoms with Crippen molar-refractivity contribution in [3.8, 4) is 0 Å². The van der Waals surface area contributed by atoms with Crippen LogP contribution in [0.2, 0.25) is 0 Å². The van der Waals surface area contributed by atoms with Crippen LogP contribution in [0.3, 0.4) is 0 Å². The fraction of sp³-hybridized carbons (Fsp3) is 0.867. The number of ether oxygens (including phenoxy) is 2. The highest BCUT2D eigenvalue weighted by molar-refractivity contribution is 5.82. The third-order valence-corrected chi connectivity index (χ3v) is 4.33. The lowest BCUT2D eigenvalue weighted by molar-refractivity contribution is -0.149. The fourth-order valence-corrected chi connectivity index (χ4v) is 3.16. The zero-order valence-corrected chi connectivity index (χ0v) is 12.5. The SMILES string of the molecule is COC(=O)C(C)CN(C(=O)C1CCCO1)C1CCCC1. The molecule has 0 aromatic rings. The average molecular weight is 283 g/mol. The monoisotopic (exact) mass is 283 g/mol. The Balaban J connectivity index is 2.03. The molecule has 114 valence electrons. The maximum absolute atomic E-state index is 12.6. The lowest BCUT2D eigenvalue weighted by Gasteiger charge is -2.32. The number of carbonyl (C=O) groups excluding carboxylic acids is 2. The van der Waals surface area contributed by atoms with Gasteiger partial charge < -0.3 is 14.4 Å². The van der Waals surface area contributed by atoms with Gasteiger partial charge >= 0.3 is 5.97 Å². The summed E-state index contributed by atoms with van der Waals surface area (Å²) in [5.41, 5.74) is 0. The predicted octanol–water partition coefficient (Wildman–Crippen LogP) is 1.75. The Hall–Kier alpha value is -1.10. The molecule has 20 heavy (non-hydrogen) atoms. The largest absolute Gasteiger partial charge is 0.469 e. The maximum Gasteiger partial charge on any atom is 0.310 e. The van der Waals surface area contributed by atoms with Gasteiger partial charge in [0.1, 0.15) is 6.10 Å². The maximum atomic E-state index is 12.6. The van der Waals surface area contributed by atoms with Crippen molar-refractivity contribution in [2.45, 2.75) is 57.6 Å². The van der Waals surface area contributed by atoms with Gasteiger partial charge in [0.15, 0.2) is 0 Å². The molecule has 0 radical (unpaired) electrons. The predicted molar refractivity (Wildman–Crippen MR) is 74.1 cm³/mol. The third-order valence-electron chi connectivity index (χ3n) is 4.33. The van der Waals surface area contributed by atoms with Crippen LogP contribution in [0.4, 0.5) is 0 Å². The van der Waals surface area contributed by atoms with Gasteiger partial charge in [0.25, 0.3) is 5.91 Å². The Morgan fingerprint density at radius 1 is 1.25 bits per heavy atom. The summed E-state index contributed by atoms with van der Waals surface area (Å²) in [7, 11) is 1.39. The minimum absolute atomic E-state index is 0.0603. The van der Waals surface area contributed by atoms with Gasteiger partial charge in [-0.1, -0.05) is 19.8 Å². The lowest BCUT2D eigenvalue weighted by atomic mass is 10.1. The molecule has 5 nitrogen and oxygen atoms in total. The van der Waals surface area contributed by atoms with E-state index in [9.17, 15) is 9.59 Å². The van der Waals surface area contributed by atoms with E-state index in [0.717, 1.165) is 38.5 Å². The molecule has 2 aliphatic rings. The van der Waals surface area contributed by atoms with Gasteiger partial charge in [-0.3, -0.25) is 9.59 Å². The van der Waals surface area contributed by atoms with Crippen molar-refractivity contribution in [1.29, 1.82) is 0 Å². The Kier molecular flexibility index (Phi) is 5.40. The number of methoxy groups -OCH3 is 1. The molecule has 1 aliphatic heterocycles. The molecule has 2 fully saturated rings. The fourth-order valence-electron chi connectivity index (χ4n) is 3.16. The van der Waals surface area contributed by atoms with E-state index < -0.39 is 0 Å². The highest BCUT2D eigenvalue weighted by atomic mass is 16.5. The highest BCUT2D eigenvalue weighted by Crippen LogP contribution is 2.27. The topological polar surface area (TPSA) is 55.8 Å². The number of hydrogen-bond acceptors (Lipinski definition) is 4. The molecule has 1 heterocycles. The number of esters is 1. The normalized spacial score (nSPS) is 24.6. The summed E-state index contributed by atoms with van der Waals surface area (Å²) in [5.74, 6) is -0.482. The first-order valence-corrected chi connectivity index (χ1v) is 7.63. The van der Waals surface area contributed by atoms with Gasteiger partial charge in [0.2, 0.25) is 0 Å². The van der Waals surface area contributed by atoms with Crippen LogP contribution in [0.15, 0.2) is 0 Å². The summed E-state index contributed by atoms with van der Waals surface area (Å²) in [6.45, 7) is 2.92. The number of nitrogens with zero attached hydrogens (tertiary/aromatic N) is 1. The molecule has 1 saturated carbocycles. The molecule has 0 N–H and O–H groups in total. The van der Waals surface area contributed by atoms with Crippen LogP contribution in [0.25, 0.3) is 0 Å². The molecule has 1 aliphatic carbocycles. The number of rotatable bonds is 5. The van der Waals surface area contributed by atoms with Crippen molar-refractivity contribution in [1.82, 2.24) is 4.90 Å². The summed E-state index contributed by atoms with van der Waals surface area (Å²) in [6.07, 6.45) is 5.83. The summed E-state index contributed by atoms with van der Waals surface area (Å²) in [6, 6.07) is 0.263. The molecule has 2 unspecified atom stereocenters. The quantitative estimate of drug-likeness (QED) is 0.721. The second-order valence-corrected chi connectivity index (χ2v) is 5.85. The Bertz CT molecular complexity index is 346. The summed E-state index contributed by atoms with van der Waals surface area (Å²) >= 11 is 0. The average Bonchev–Trinajstić information content (AvgIpc) is 3.14. The Labute approximate surface area is 120 Å². The molecule has 2 rings (SSSR count). The van der Waals surface area contributed by atoms with Gasteiger partial charge in [0, 0.05) is 19.2 Å². The first-order chi connectivity index (χ1) is 9.63. The molecule has 2 atom stereocenters. The van der Waals surface area contributed by atoms with Crippen molar-refractivity contribution in [3.05, 3.63) is 0 Å². The van der Waals surface area contributed by atoms with E-state index in [4.69, 9.17) is 9.47 Å². The van der Waals surface area contributed by atoms with Crippen molar-refractivity contribution >= 4 is 11.9 Å². The summed E-state index contributed by atoms with van der Waals surface area (Å²) in [5, 5.41) is 0. The minimum atomic E-state index is -0.305. The van der Waals surface area contributed by atoms with Crippen molar-refractivity contribution in [2.75, 3.05) is 20.3 Å². The van der Waals surface area contributed by atoms with E-state index in [1.54, 1.807) is 0 Å². The van der Waals surface area contributed by atoms with Gasteiger partial charge in [-0.2, -0.15) is 0 Å². The van der Waals surface area contributed by atoms with Crippen LogP contribution in [-0.4, -0.2) is 49.2 Å². The first-order valence-electron chi connectivity index (χ1n) is 7.63. The van der Waals surface area contributed by atoms with E-state index >= 15 is 0 Å². The van der Waals surface area contributed by atoms with Crippen molar-refractivity contribution < 1.29 is 19.1 Å². The molecule has 0 aromatic carbocycles. The van der Waals surface area contributed by atoms with Gasteiger partial charge in [-0.05, 0) is 25.7 Å². The molecule has 0 bridgehead atoms. The summed E-state index contributed by atoms with van der Waals surface area (Å²) < 4.78 is 10.3. The van der Waals surface area contributed by atoms with E-state index in [0.29, 0.717) is 13.2 Å². The zero-order valence-electron chi connectivity index (χ0n) is 12.5. The molecular formula is C15H25NO4. The Morgan fingerprint density at radius 2 is 1.95 bits per heavy atom. The molecule has 5 heteroatoms. The van der Waals surface area contributed by atoms with Gasteiger partial charge in [-0.15, -0.1) is 0 Å². The molecule has 1 amide bonds. The zero-order chi connectivity index (χ0) is 14.5. The van der Waals surface area contributed by atoms with E-state index in [-0.39, 0.29) is 29.9 Å². The van der Waals surface area contributed by atoms with Crippen LogP contribution in [0, 0.1) is 5.92 Å². The molecule has 0 aromatic heterocycles. The number of amides is 1. The van der Waals surface area contributed by atoms with E-state index in [1.807, 2.05) is 11.8 Å². The molecular weight excluding hydrogens is 258 g/mol. The first kappa shape index (κ1) is 15.3. The van der Waals surface area contributed by atoms with E-state index in [2.05, 4.69) is 0 Å². The van der Waals surface area contributed by atoms with Crippen LogP contribution in [0.1, 0.15) is 45.4 Å². The molecule has 0 spiro atoms. The summed E-state index contributed by atoms with van der Waals surface area (Å²) in [4.78, 5) is 26.1. The van der Waals surface area contributed by atoms with E-state index in [1.165, 1.54) is 7.11 Å².